The van der Waals surface area contributed by atoms with Gasteiger partial charge in [-0.25, -0.2) is 0 Å². The zero-order valence-corrected chi connectivity index (χ0v) is 11.3. The quantitative estimate of drug-likeness (QED) is 0.922. The van der Waals surface area contributed by atoms with Gasteiger partial charge in [0.2, 0.25) is 5.91 Å². The molecule has 0 atom stereocenters. The molecule has 1 aromatic heterocycles. The molecule has 1 N–H and O–H groups in total. The van der Waals surface area contributed by atoms with Crippen molar-refractivity contribution in [1.29, 1.82) is 0 Å². The number of hydrogen-bond donors (Lipinski definition) is 1. The minimum atomic E-state index is -0.120. The summed E-state index contributed by atoms with van der Waals surface area (Å²) in [5.74, 6) is 0.530. The van der Waals surface area contributed by atoms with E-state index in [-0.39, 0.29) is 5.91 Å². The van der Waals surface area contributed by atoms with Gasteiger partial charge >= 0.3 is 0 Å². The summed E-state index contributed by atoms with van der Waals surface area (Å²) >= 11 is 7.33. The van der Waals surface area contributed by atoms with Gasteiger partial charge in [0.25, 0.3) is 0 Å². The molecule has 1 amide bonds. The maximum absolute atomic E-state index is 11.1. The van der Waals surface area contributed by atoms with E-state index in [2.05, 4.69) is 5.32 Å². The van der Waals surface area contributed by atoms with E-state index < -0.39 is 0 Å². The zero-order valence-electron chi connectivity index (χ0n) is 9.77. The van der Waals surface area contributed by atoms with E-state index in [4.69, 9.17) is 16.3 Å². The summed E-state index contributed by atoms with van der Waals surface area (Å²) in [6, 6.07) is 11.1. The van der Waals surface area contributed by atoms with Crippen LogP contribution in [0.25, 0.3) is 0 Å². The fraction of sp³-hybridized carbons (Fsp3) is 0.154. The van der Waals surface area contributed by atoms with Gasteiger partial charge in [-0.15, -0.1) is 11.3 Å². The normalized spacial score (nSPS) is 10.1. The van der Waals surface area contributed by atoms with Crippen LogP contribution in [0.2, 0.25) is 4.34 Å². The van der Waals surface area contributed by atoms with E-state index in [0.29, 0.717) is 18.0 Å². The number of thiophene rings is 1. The third-order valence-corrected chi connectivity index (χ3v) is 3.40. The molecule has 0 aliphatic carbocycles. The number of benzene rings is 1. The van der Waals surface area contributed by atoms with Crippen molar-refractivity contribution < 1.29 is 9.53 Å². The first-order valence-electron chi connectivity index (χ1n) is 5.39. The number of carbonyl (C=O) groups is 1. The van der Waals surface area contributed by atoms with Gasteiger partial charge in [-0.2, -0.15) is 0 Å². The van der Waals surface area contributed by atoms with Crippen LogP contribution < -0.4 is 10.1 Å². The van der Waals surface area contributed by atoms with Crippen LogP contribution in [-0.4, -0.2) is 5.91 Å². The second-order valence-corrected chi connectivity index (χ2v) is 5.47. The lowest BCUT2D eigenvalue weighted by Crippen LogP contribution is -2.07. The monoisotopic (exact) mass is 281 g/mol. The molecule has 0 bridgehead atoms. The van der Waals surface area contributed by atoms with Crippen LogP contribution in [-0.2, 0) is 11.4 Å². The summed E-state index contributed by atoms with van der Waals surface area (Å²) in [7, 11) is 0. The van der Waals surface area contributed by atoms with Gasteiger partial charge in [0.15, 0.2) is 0 Å². The van der Waals surface area contributed by atoms with Crippen LogP contribution in [0.5, 0.6) is 5.75 Å². The second kappa shape index (κ2) is 5.89. The Hall–Kier alpha value is -1.52. The minimum Gasteiger partial charge on any atom is -0.486 e. The molecule has 0 radical (unpaired) electrons. The summed E-state index contributed by atoms with van der Waals surface area (Å²) in [4.78, 5) is 12.1. The molecule has 0 saturated heterocycles. The third kappa shape index (κ3) is 3.48. The Morgan fingerprint density at radius 2 is 2.11 bits per heavy atom. The van der Waals surface area contributed by atoms with Crippen molar-refractivity contribution in [2.75, 3.05) is 5.32 Å². The number of anilines is 1. The van der Waals surface area contributed by atoms with Crippen molar-refractivity contribution >= 4 is 34.5 Å². The predicted octanol–water partition coefficient (Wildman–Crippen LogP) is 3.94. The lowest BCUT2D eigenvalue weighted by atomic mass is 10.3. The van der Waals surface area contributed by atoms with Gasteiger partial charge in [0.1, 0.15) is 12.4 Å². The lowest BCUT2D eigenvalue weighted by Gasteiger charge is -2.10. The van der Waals surface area contributed by atoms with Crippen molar-refractivity contribution in [2.45, 2.75) is 13.5 Å². The van der Waals surface area contributed by atoms with E-state index in [0.717, 1.165) is 9.21 Å². The fourth-order valence-corrected chi connectivity index (χ4v) is 2.46. The van der Waals surface area contributed by atoms with E-state index >= 15 is 0 Å². The summed E-state index contributed by atoms with van der Waals surface area (Å²) in [5.41, 5.74) is 0.674. The number of amides is 1. The molecule has 0 aliphatic heterocycles. The van der Waals surface area contributed by atoms with Crippen molar-refractivity contribution in [2.24, 2.45) is 0 Å². The number of carbonyl (C=O) groups excluding carboxylic acids is 1. The highest BCUT2D eigenvalue weighted by atomic mass is 35.5. The molecule has 94 valence electrons. The van der Waals surface area contributed by atoms with Gasteiger partial charge < -0.3 is 10.1 Å². The van der Waals surface area contributed by atoms with Gasteiger partial charge in [0.05, 0.1) is 10.0 Å². The van der Waals surface area contributed by atoms with Crippen LogP contribution in [0.3, 0.4) is 0 Å². The Morgan fingerprint density at radius 1 is 1.33 bits per heavy atom. The summed E-state index contributed by atoms with van der Waals surface area (Å²) in [5, 5.41) is 2.73. The average Bonchev–Trinajstić information content (AvgIpc) is 2.73. The first kappa shape index (κ1) is 12.9. The highest BCUT2D eigenvalue weighted by Gasteiger charge is 2.05. The predicted molar refractivity (Wildman–Crippen MR) is 74.4 cm³/mol. The molecule has 1 heterocycles. The highest BCUT2D eigenvalue weighted by molar-refractivity contribution is 7.16. The summed E-state index contributed by atoms with van der Waals surface area (Å²) in [6.07, 6.45) is 0. The Balaban J connectivity index is 2.06. The first-order valence-corrected chi connectivity index (χ1v) is 6.58. The molecule has 1 aromatic carbocycles. The van der Waals surface area contributed by atoms with Crippen molar-refractivity contribution in [3.05, 3.63) is 45.6 Å². The summed E-state index contributed by atoms with van der Waals surface area (Å²) < 4.78 is 6.41. The van der Waals surface area contributed by atoms with Crippen LogP contribution in [0.1, 0.15) is 11.8 Å². The Bertz CT molecular complexity index is 553. The maximum atomic E-state index is 11.1. The van der Waals surface area contributed by atoms with Crippen molar-refractivity contribution in [3.63, 3.8) is 0 Å². The molecule has 0 unspecified atom stereocenters. The minimum absolute atomic E-state index is 0.120. The third-order valence-electron chi connectivity index (χ3n) is 2.20. The standard InChI is InChI=1S/C13H12ClNO2S/c1-9(16)15-11-4-2-3-5-12(11)17-8-10-6-7-13(14)18-10/h2-7H,8H2,1H3,(H,15,16). The SMILES string of the molecule is CC(=O)Nc1ccccc1OCc1ccc(Cl)s1. The van der Waals surface area contributed by atoms with Gasteiger partial charge in [0, 0.05) is 11.8 Å². The van der Waals surface area contributed by atoms with Crippen molar-refractivity contribution in [3.8, 4) is 5.75 Å². The molecular weight excluding hydrogens is 270 g/mol. The van der Waals surface area contributed by atoms with Crippen LogP contribution in [0, 0.1) is 0 Å². The largest absolute Gasteiger partial charge is 0.486 e. The molecule has 3 nitrogen and oxygen atoms in total. The smallest absolute Gasteiger partial charge is 0.221 e. The second-order valence-electron chi connectivity index (χ2n) is 3.67. The van der Waals surface area contributed by atoms with Crippen molar-refractivity contribution in [1.82, 2.24) is 0 Å². The fourth-order valence-electron chi connectivity index (χ4n) is 1.46. The van der Waals surface area contributed by atoms with Crippen LogP contribution in [0.15, 0.2) is 36.4 Å². The number of para-hydroxylation sites is 2. The molecule has 2 aromatic rings. The molecule has 0 saturated carbocycles. The highest BCUT2D eigenvalue weighted by Crippen LogP contribution is 2.27. The number of halogens is 1. The maximum Gasteiger partial charge on any atom is 0.221 e. The molecule has 0 aliphatic rings. The number of hydrogen-bond acceptors (Lipinski definition) is 3. The molecule has 2 rings (SSSR count). The van der Waals surface area contributed by atoms with Gasteiger partial charge in [-0.1, -0.05) is 23.7 Å². The Labute approximate surface area is 114 Å². The number of ether oxygens (including phenoxy) is 1. The zero-order chi connectivity index (χ0) is 13.0. The lowest BCUT2D eigenvalue weighted by molar-refractivity contribution is -0.114. The number of nitrogens with one attached hydrogen (secondary N) is 1. The molecule has 5 heteroatoms. The first-order chi connectivity index (χ1) is 8.65. The Morgan fingerprint density at radius 3 is 2.78 bits per heavy atom. The van der Waals surface area contributed by atoms with E-state index in [1.807, 2.05) is 30.3 Å². The molecule has 18 heavy (non-hydrogen) atoms. The molecule has 0 spiro atoms. The topological polar surface area (TPSA) is 38.3 Å². The average molecular weight is 282 g/mol. The van der Waals surface area contributed by atoms with Gasteiger partial charge in [-0.3, -0.25) is 4.79 Å². The Kier molecular flexibility index (Phi) is 4.23. The molecular formula is C13H12ClNO2S. The number of rotatable bonds is 4. The van der Waals surface area contributed by atoms with Crippen LogP contribution in [0.4, 0.5) is 5.69 Å². The van der Waals surface area contributed by atoms with Gasteiger partial charge in [-0.05, 0) is 24.3 Å². The summed E-state index contributed by atoms with van der Waals surface area (Å²) in [6.45, 7) is 1.91. The van der Waals surface area contributed by atoms with E-state index in [9.17, 15) is 4.79 Å². The van der Waals surface area contributed by atoms with E-state index in [1.54, 1.807) is 6.07 Å². The molecule has 0 fully saturated rings. The van der Waals surface area contributed by atoms with E-state index in [1.165, 1.54) is 18.3 Å². The van der Waals surface area contributed by atoms with Crippen LogP contribution >= 0.6 is 22.9 Å².